The van der Waals surface area contributed by atoms with Gasteiger partial charge in [-0.1, -0.05) is 5.16 Å². The van der Waals surface area contributed by atoms with E-state index in [1.165, 1.54) is 0 Å². The van der Waals surface area contributed by atoms with Crippen LogP contribution in [0.15, 0.2) is 5.16 Å². The third-order valence-corrected chi connectivity index (χ3v) is 3.11. The van der Waals surface area contributed by atoms with E-state index in [1.54, 1.807) is 25.7 Å². The minimum Gasteiger partial charge on any atom is -0.455 e. The van der Waals surface area contributed by atoms with Gasteiger partial charge in [0.15, 0.2) is 5.71 Å². The third kappa shape index (κ3) is 3.27. The van der Waals surface area contributed by atoms with Crippen molar-refractivity contribution in [2.24, 2.45) is 11.1 Å². The molecule has 7 nitrogen and oxygen atoms in total. The lowest BCUT2D eigenvalue weighted by molar-refractivity contribution is -0.149. The Kier molecular flexibility index (Phi) is 3.99. The largest absolute Gasteiger partial charge is 0.455 e. The fourth-order valence-electron chi connectivity index (χ4n) is 2.04. The van der Waals surface area contributed by atoms with Crippen LogP contribution in [0.4, 0.5) is 0 Å². The Balaban J connectivity index is 1.82. The highest BCUT2D eigenvalue weighted by molar-refractivity contribution is 6.37. The van der Waals surface area contributed by atoms with Gasteiger partial charge in [0.2, 0.25) is 6.10 Å². The molecule has 0 saturated carbocycles. The number of nitrogens with zero attached hydrogens (tertiary/aromatic N) is 2. The summed E-state index contributed by atoms with van der Waals surface area (Å²) in [5, 5.41) is 12.6. The Labute approximate surface area is 117 Å². The van der Waals surface area contributed by atoms with Gasteiger partial charge >= 0.3 is 5.97 Å². The molecule has 0 spiro atoms. The van der Waals surface area contributed by atoms with Crippen LogP contribution in [-0.4, -0.2) is 59.0 Å². The van der Waals surface area contributed by atoms with Crippen LogP contribution in [0, 0.1) is 5.92 Å². The number of ether oxygens (including phenoxy) is 1. The van der Waals surface area contributed by atoms with Gasteiger partial charge in [0.05, 0.1) is 0 Å². The van der Waals surface area contributed by atoms with Crippen molar-refractivity contribution in [1.82, 2.24) is 4.90 Å². The molecule has 1 N–H and O–H groups in total. The smallest absolute Gasteiger partial charge is 0.356 e. The maximum absolute atomic E-state index is 12.0. The average Bonchev–Trinajstić information content (AvgIpc) is 2.74. The standard InChI is InChI=1S/C13H20N2O5/c1-13(2,3)19-12(18)9-4-10(20-14-9)11(17)15-5-8(6-15)7-16/h8,10,16H,4-7H2,1-3H3/t10-/m0/s1. The van der Waals surface area contributed by atoms with E-state index in [0.29, 0.717) is 13.1 Å². The highest BCUT2D eigenvalue weighted by atomic mass is 16.7. The van der Waals surface area contributed by atoms with Gasteiger partial charge in [0.1, 0.15) is 5.60 Å². The van der Waals surface area contributed by atoms with Crippen LogP contribution < -0.4 is 0 Å². The van der Waals surface area contributed by atoms with E-state index in [-0.39, 0.29) is 30.6 Å². The summed E-state index contributed by atoms with van der Waals surface area (Å²) in [6.07, 6.45) is -0.620. The van der Waals surface area contributed by atoms with Crippen LogP contribution in [0.25, 0.3) is 0 Å². The topological polar surface area (TPSA) is 88.4 Å². The van der Waals surface area contributed by atoms with Crippen LogP contribution in [0.5, 0.6) is 0 Å². The van der Waals surface area contributed by atoms with Gasteiger partial charge in [0.25, 0.3) is 5.91 Å². The molecule has 0 bridgehead atoms. The lowest BCUT2D eigenvalue weighted by atomic mass is 10.00. The molecule has 0 aromatic carbocycles. The van der Waals surface area contributed by atoms with Crippen LogP contribution in [-0.2, 0) is 19.2 Å². The first-order valence-corrected chi connectivity index (χ1v) is 6.66. The number of carbonyl (C=O) groups is 2. The molecule has 0 unspecified atom stereocenters. The number of hydrogen-bond acceptors (Lipinski definition) is 6. The number of hydrogen-bond donors (Lipinski definition) is 1. The van der Waals surface area contributed by atoms with Crippen molar-refractivity contribution in [2.45, 2.75) is 38.9 Å². The van der Waals surface area contributed by atoms with E-state index in [1.807, 2.05) is 0 Å². The number of aliphatic hydroxyl groups is 1. The number of aliphatic hydroxyl groups excluding tert-OH is 1. The van der Waals surface area contributed by atoms with Crippen molar-refractivity contribution >= 4 is 17.6 Å². The molecule has 2 rings (SSSR count). The van der Waals surface area contributed by atoms with E-state index >= 15 is 0 Å². The van der Waals surface area contributed by atoms with Gasteiger partial charge < -0.3 is 19.6 Å². The molecule has 0 aromatic rings. The monoisotopic (exact) mass is 284 g/mol. The average molecular weight is 284 g/mol. The Morgan fingerprint density at radius 3 is 2.65 bits per heavy atom. The quantitative estimate of drug-likeness (QED) is 0.733. The second-order valence-electron chi connectivity index (χ2n) is 6.13. The van der Waals surface area contributed by atoms with Gasteiger partial charge in [-0.25, -0.2) is 4.79 Å². The molecule has 20 heavy (non-hydrogen) atoms. The van der Waals surface area contributed by atoms with Crippen molar-refractivity contribution in [3.05, 3.63) is 0 Å². The second-order valence-corrected chi connectivity index (χ2v) is 6.13. The number of oxime groups is 1. The second kappa shape index (κ2) is 5.40. The first kappa shape index (κ1) is 14.8. The first-order valence-electron chi connectivity index (χ1n) is 6.66. The Hall–Kier alpha value is -1.63. The number of likely N-dealkylation sites (tertiary alicyclic amines) is 1. The number of rotatable bonds is 3. The van der Waals surface area contributed by atoms with E-state index in [4.69, 9.17) is 14.7 Å². The zero-order chi connectivity index (χ0) is 14.9. The van der Waals surface area contributed by atoms with Crippen LogP contribution in [0.1, 0.15) is 27.2 Å². The van der Waals surface area contributed by atoms with Gasteiger partial charge in [-0.05, 0) is 20.8 Å². The summed E-state index contributed by atoms with van der Waals surface area (Å²) in [5.74, 6) is -0.603. The molecule has 1 fully saturated rings. The Bertz CT molecular complexity index is 435. The third-order valence-electron chi connectivity index (χ3n) is 3.11. The van der Waals surface area contributed by atoms with Crippen molar-refractivity contribution in [1.29, 1.82) is 0 Å². The van der Waals surface area contributed by atoms with Crippen molar-refractivity contribution in [3.63, 3.8) is 0 Å². The molecule has 1 atom stereocenters. The molecule has 112 valence electrons. The maximum Gasteiger partial charge on any atom is 0.356 e. The van der Waals surface area contributed by atoms with E-state index in [2.05, 4.69) is 5.16 Å². The molecule has 2 heterocycles. The molecular weight excluding hydrogens is 264 g/mol. The zero-order valence-corrected chi connectivity index (χ0v) is 12.0. The zero-order valence-electron chi connectivity index (χ0n) is 12.0. The molecule has 2 aliphatic rings. The fraction of sp³-hybridized carbons (Fsp3) is 0.769. The number of carbonyl (C=O) groups excluding carboxylic acids is 2. The Morgan fingerprint density at radius 2 is 2.10 bits per heavy atom. The normalized spacial score (nSPS) is 22.9. The summed E-state index contributed by atoms with van der Waals surface area (Å²) in [6.45, 7) is 6.42. The summed E-state index contributed by atoms with van der Waals surface area (Å²) in [7, 11) is 0. The fourth-order valence-corrected chi connectivity index (χ4v) is 2.04. The summed E-state index contributed by atoms with van der Waals surface area (Å²) < 4.78 is 5.18. The SMILES string of the molecule is CC(C)(C)OC(=O)C1=NO[C@H](C(=O)N2CC(CO)C2)C1. The van der Waals surface area contributed by atoms with Crippen LogP contribution in [0.3, 0.4) is 0 Å². The summed E-state index contributed by atoms with van der Waals surface area (Å²) in [5.41, 5.74) is -0.467. The molecule has 0 radical (unpaired) electrons. The molecule has 0 aromatic heterocycles. The molecule has 0 aliphatic carbocycles. The van der Waals surface area contributed by atoms with E-state index < -0.39 is 17.7 Å². The summed E-state index contributed by atoms with van der Waals surface area (Å²) >= 11 is 0. The molecule has 1 saturated heterocycles. The summed E-state index contributed by atoms with van der Waals surface area (Å²) in [4.78, 5) is 30.4. The molecule has 1 amide bonds. The molecule has 7 heteroatoms. The maximum atomic E-state index is 12.0. The van der Waals surface area contributed by atoms with Crippen molar-refractivity contribution < 1.29 is 24.3 Å². The predicted molar refractivity (Wildman–Crippen MR) is 69.9 cm³/mol. The van der Waals surface area contributed by atoms with E-state index in [0.717, 1.165) is 0 Å². The number of amides is 1. The lowest BCUT2D eigenvalue weighted by Gasteiger charge is -2.38. The van der Waals surface area contributed by atoms with Crippen LogP contribution in [0.2, 0.25) is 0 Å². The van der Waals surface area contributed by atoms with Gasteiger partial charge in [-0.3, -0.25) is 4.79 Å². The van der Waals surface area contributed by atoms with Crippen molar-refractivity contribution in [3.8, 4) is 0 Å². The van der Waals surface area contributed by atoms with Gasteiger partial charge in [-0.15, -0.1) is 0 Å². The van der Waals surface area contributed by atoms with Gasteiger partial charge in [0, 0.05) is 32.0 Å². The first-order chi connectivity index (χ1) is 9.30. The van der Waals surface area contributed by atoms with Gasteiger partial charge in [-0.2, -0.15) is 0 Å². The Morgan fingerprint density at radius 1 is 1.45 bits per heavy atom. The summed E-state index contributed by atoms with van der Waals surface area (Å²) in [6, 6.07) is 0. The number of esters is 1. The minimum atomic E-state index is -0.753. The lowest BCUT2D eigenvalue weighted by Crippen LogP contribution is -2.54. The van der Waals surface area contributed by atoms with Crippen LogP contribution >= 0.6 is 0 Å². The van der Waals surface area contributed by atoms with E-state index in [9.17, 15) is 9.59 Å². The predicted octanol–water partition coefficient (Wildman–Crippen LogP) is -0.0763. The van der Waals surface area contributed by atoms with Crippen molar-refractivity contribution in [2.75, 3.05) is 19.7 Å². The minimum absolute atomic E-state index is 0.0783. The molecular formula is C13H20N2O5. The highest BCUT2D eigenvalue weighted by Crippen LogP contribution is 2.21. The highest BCUT2D eigenvalue weighted by Gasteiger charge is 2.40. The molecule has 2 aliphatic heterocycles.